The maximum absolute atomic E-state index is 11.3. The number of benzene rings is 2. The molecule has 4 rings (SSSR count). The number of amides is 1. The van der Waals surface area contributed by atoms with Gasteiger partial charge in [-0.2, -0.15) is 10.1 Å². The monoisotopic (exact) mass is 359 g/mol. The van der Waals surface area contributed by atoms with E-state index in [0.29, 0.717) is 5.82 Å². The number of carbonyl (C=O) groups excluding carboxylic acids is 1. The average molecular weight is 359 g/mol. The van der Waals surface area contributed by atoms with E-state index in [1.807, 2.05) is 42.5 Å². The Balaban J connectivity index is 1.71. The lowest BCUT2D eigenvalue weighted by molar-refractivity contribution is -0.114. The summed E-state index contributed by atoms with van der Waals surface area (Å²) in [6, 6.07) is 15.2. The molecule has 0 atom stereocenters. The Morgan fingerprint density at radius 1 is 1.11 bits per heavy atom. The summed E-state index contributed by atoms with van der Waals surface area (Å²) in [6.45, 7) is 1.48. The van der Waals surface area contributed by atoms with Gasteiger partial charge in [-0.3, -0.25) is 9.89 Å². The van der Waals surface area contributed by atoms with Crippen LogP contribution in [0.25, 0.3) is 22.2 Å². The molecule has 2 aromatic heterocycles. The topological polar surface area (TPSA) is 122 Å². The van der Waals surface area contributed by atoms with E-state index in [-0.39, 0.29) is 11.9 Å². The number of rotatable bonds is 4. The average Bonchev–Trinajstić information content (AvgIpc) is 3.05. The Morgan fingerprint density at radius 3 is 2.81 bits per heavy atom. The number of H-pyrrole nitrogens is 1. The molecule has 0 spiro atoms. The van der Waals surface area contributed by atoms with Gasteiger partial charge in [0.05, 0.1) is 5.52 Å². The Morgan fingerprint density at radius 2 is 2.00 bits per heavy atom. The van der Waals surface area contributed by atoms with Crippen molar-refractivity contribution in [3.63, 3.8) is 0 Å². The fourth-order valence-electron chi connectivity index (χ4n) is 2.85. The maximum atomic E-state index is 11.3. The van der Waals surface area contributed by atoms with Gasteiger partial charge in [-0.15, -0.1) is 0 Å². The number of nitrogens with two attached hydrogens (primary N) is 1. The van der Waals surface area contributed by atoms with Gasteiger partial charge in [0, 0.05) is 35.4 Å². The summed E-state index contributed by atoms with van der Waals surface area (Å²) in [4.78, 5) is 19.3. The highest BCUT2D eigenvalue weighted by atomic mass is 16.1. The molecule has 0 unspecified atom stereocenters. The van der Waals surface area contributed by atoms with E-state index in [1.165, 1.54) is 6.92 Å². The van der Waals surface area contributed by atoms with Gasteiger partial charge in [0.25, 0.3) is 0 Å². The second-order valence-corrected chi connectivity index (χ2v) is 6.02. The van der Waals surface area contributed by atoms with Gasteiger partial charge < -0.3 is 16.4 Å². The predicted molar refractivity (Wildman–Crippen MR) is 106 cm³/mol. The van der Waals surface area contributed by atoms with Gasteiger partial charge in [0.2, 0.25) is 11.9 Å². The molecular weight excluding hydrogens is 342 g/mol. The van der Waals surface area contributed by atoms with Crippen LogP contribution in [0.3, 0.4) is 0 Å². The zero-order chi connectivity index (χ0) is 18.8. The molecule has 5 N–H and O–H groups in total. The molecular formula is C19H17N7O. The van der Waals surface area contributed by atoms with Crippen molar-refractivity contribution in [1.29, 1.82) is 0 Å². The van der Waals surface area contributed by atoms with Crippen LogP contribution >= 0.6 is 0 Å². The second-order valence-electron chi connectivity index (χ2n) is 6.02. The number of aromatic nitrogens is 4. The van der Waals surface area contributed by atoms with Gasteiger partial charge in [-0.05, 0) is 36.4 Å². The predicted octanol–water partition coefficient (Wildman–Crippen LogP) is 3.30. The summed E-state index contributed by atoms with van der Waals surface area (Å²) in [6.07, 6.45) is 1.60. The highest BCUT2D eigenvalue weighted by Crippen LogP contribution is 2.30. The lowest BCUT2D eigenvalue weighted by atomic mass is 10.1. The largest absolute Gasteiger partial charge is 0.368 e. The number of nitrogens with one attached hydrogen (secondary N) is 3. The molecule has 0 aliphatic heterocycles. The van der Waals surface area contributed by atoms with E-state index in [0.717, 1.165) is 33.5 Å². The number of hydrogen-bond acceptors (Lipinski definition) is 6. The Labute approximate surface area is 154 Å². The fourth-order valence-corrected chi connectivity index (χ4v) is 2.85. The minimum Gasteiger partial charge on any atom is -0.368 e. The third kappa shape index (κ3) is 3.54. The molecule has 0 saturated carbocycles. The Bertz CT molecular complexity index is 1140. The SMILES string of the molecule is CC(=O)Nc1cccc(-c2n[nH]c3ccc(Nc4ccnc(N)n4)cc23)c1. The number of nitrogens with zero attached hydrogens (tertiary/aromatic N) is 3. The van der Waals surface area contributed by atoms with Crippen LogP contribution in [0, 0.1) is 0 Å². The first-order valence-electron chi connectivity index (χ1n) is 8.30. The molecule has 2 aromatic carbocycles. The van der Waals surface area contributed by atoms with Crippen molar-refractivity contribution in [3.05, 3.63) is 54.7 Å². The van der Waals surface area contributed by atoms with E-state index >= 15 is 0 Å². The van der Waals surface area contributed by atoms with Crippen molar-refractivity contribution in [2.45, 2.75) is 6.92 Å². The summed E-state index contributed by atoms with van der Waals surface area (Å²) in [7, 11) is 0. The van der Waals surface area contributed by atoms with Gasteiger partial charge >= 0.3 is 0 Å². The molecule has 4 aromatic rings. The first kappa shape index (κ1) is 16.5. The minimum absolute atomic E-state index is 0.116. The van der Waals surface area contributed by atoms with E-state index in [1.54, 1.807) is 12.3 Å². The van der Waals surface area contributed by atoms with E-state index in [9.17, 15) is 4.79 Å². The van der Waals surface area contributed by atoms with Crippen LogP contribution in [0.1, 0.15) is 6.92 Å². The molecule has 0 aliphatic rings. The molecule has 0 saturated heterocycles. The first-order valence-corrected chi connectivity index (χ1v) is 8.30. The van der Waals surface area contributed by atoms with E-state index < -0.39 is 0 Å². The number of aromatic amines is 1. The van der Waals surface area contributed by atoms with E-state index in [2.05, 4.69) is 30.8 Å². The van der Waals surface area contributed by atoms with Crippen LogP contribution in [0.5, 0.6) is 0 Å². The van der Waals surface area contributed by atoms with Crippen LogP contribution in [0.2, 0.25) is 0 Å². The van der Waals surface area contributed by atoms with Crippen LogP contribution in [-0.2, 0) is 4.79 Å². The second kappa shape index (κ2) is 6.75. The van der Waals surface area contributed by atoms with Crippen LogP contribution in [0.4, 0.5) is 23.1 Å². The van der Waals surface area contributed by atoms with Gasteiger partial charge in [0.15, 0.2) is 0 Å². The lowest BCUT2D eigenvalue weighted by Gasteiger charge is -2.07. The lowest BCUT2D eigenvalue weighted by Crippen LogP contribution is -2.05. The highest BCUT2D eigenvalue weighted by Gasteiger charge is 2.10. The molecule has 134 valence electrons. The normalized spacial score (nSPS) is 10.7. The summed E-state index contributed by atoms with van der Waals surface area (Å²) in [5.74, 6) is 0.703. The quantitative estimate of drug-likeness (QED) is 0.443. The third-order valence-electron chi connectivity index (χ3n) is 3.97. The minimum atomic E-state index is -0.116. The van der Waals surface area contributed by atoms with Crippen molar-refractivity contribution in [1.82, 2.24) is 20.2 Å². The van der Waals surface area contributed by atoms with Gasteiger partial charge in [-0.1, -0.05) is 12.1 Å². The molecule has 8 heteroatoms. The summed E-state index contributed by atoms with van der Waals surface area (Å²) >= 11 is 0. The molecule has 0 fully saturated rings. The number of fused-ring (bicyclic) bond motifs is 1. The van der Waals surface area contributed by atoms with Crippen LogP contribution in [0.15, 0.2) is 54.7 Å². The van der Waals surface area contributed by atoms with Crippen molar-refractivity contribution < 1.29 is 4.79 Å². The van der Waals surface area contributed by atoms with Crippen molar-refractivity contribution >= 4 is 40.0 Å². The molecule has 2 heterocycles. The maximum Gasteiger partial charge on any atom is 0.221 e. The highest BCUT2D eigenvalue weighted by molar-refractivity contribution is 5.96. The smallest absolute Gasteiger partial charge is 0.221 e. The van der Waals surface area contributed by atoms with Crippen LogP contribution < -0.4 is 16.4 Å². The zero-order valence-corrected chi connectivity index (χ0v) is 14.5. The fraction of sp³-hybridized carbons (Fsp3) is 0.0526. The number of nitrogen functional groups attached to an aromatic ring is 1. The molecule has 0 radical (unpaired) electrons. The number of anilines is 4. The molecule has 27 heavy (non-hydrogen) atoms. The number of hydrogen-bond donors (Lipinski definition) is 4. The van der Waals surface area contributed by atoms with Gasteiger partial charge in [-0.25, -0.2) is 4.98 Å². The first-order chi connectivity index (χ1) is 13.1. The molecule has 0 aliphatic carbocycles. The number of carbonyl (C=O) groups is 1. The van der Waals surface area contributed by atoms with Crippen molar-refractivity contribution in [3.8, 4) is 11.3 Å². The molecule has 8 nitrogen and oxygen atoms in total. The Hall–Kier alpha value is -3.94. The molecule has 1 amide bonds. The standard InChI is InChI=1S/C19H17N7O/c1-11(27)22-13-4-2-3-12(9-13)18-15-10-14(5-6-16(15)25-26-18)23-17-7-8-21-19(20)24-17/h2-10H,1H3,(H,22,27)(H,25,26)(H3,20,21,23,24). The van der Waals surface area contributed by atoms with Crippen molar-refractivity contribution in [2.75, 3.05) is 16.4 Å². The summed E-state index contributed by atoms with van der Waals surface area (Å²) in [5.41, 5.74) is 9.80. The van der Waals surface area contributed by atoms with Gasteiger partial charge in [0.1, 0.15) is 11.5 Å². The summed E-state index contributed by atoms with van der Waals surface area (Å²) in [5, 5.41) is 14.4. The third-order valence-corrected chi connectivity index (χ3v) is 3.97. The summed E-state index contributed by atoms with van der Waals surface area (Å²) < 4.78 is 0. The molecule has 0 bridgehead atoms. The van der Waals surface area contributed by atoms with Crippen molar-refractivity contribution in [2.24, 2.45) is 0 Å². The Kier molecular flexibility index (Phi) is 4.13. The van der Waals surface area contributed by atoms with Crippen LogP contribution in [-0.4, -0.2) is 26.1 Å². The zero-order valence-electron chi connectivity index (χ0n) is 14.5. The van der Waals surface area contributed by atoms with E-state index in [4.69, 9.17) is 5.73 Å².